The summed E-state index contributed by atoms with van der Waals surface area (Å²) in [4.78, 5) is 0. The largest absolute Gasteiger partial charge is 0.387 e. The van der Waals surface area contributed by atoms with Crippen molar-refractivity contribution in [3.63, 3.8) is 0 Å². The molecule has 0 aliphatic rings. The maximum atomic E-state index is 10.2. The molecule has 0 heterocycles. The van der Waals surface area contributed by atoms with Crippen LogP contribution >= 0.6 is 0 Å². The van der Waals surface area contributed by atoms with Gasteiger partial charge in [0.05, 0.1) is 6.10 Å². The molecule has 0 fully saturated rings. The average Bonchev–Trinajstić information content (AvgIpc) is 2.45. The van der Waals surface area contributed by atoms with E-state index in [1.165, 1.54) is 5.56 Å². The van der Waals surface area contributed by atoms with Crippen LogP contribution in [0.1, 0.15) is 24.2 Å². The van der Waals surface area contributed by atoms with Crippen LogP contribution in [0.15, 0.2) is 54.6 Å². The van der Waals surface area contributed by atoms with Crippen LogP contribution in [0.4, 0.5) is 5.69 Å². The van der Waals surface area contributed by atoms with Gasteiger partial charge >= 0.3 is 0 Å². The first-order chi connectivity index (χ1) is 8.81. The number of aryl methyl sites for hydroxylation is 1. The number of nitrogens with one attached hydrogen (secondary N) is 1. The average molecular weight is 241 g/mol. The van der Waals surface area contributed by atoms with E-state index in [1.807, 2.05) is 48.5 Å². The summed E-state index contributed by atoms with van der Waals surface area (Å²) in [7, 11) is 0. The van der Waals surface area contributed by atoms with E-state index < -0.39 is 6.10 Å². The molecule has 2 aromatic rings. The van der Waals surface area contributed by atoms with E-state index in [2.05, 4.69) is 18.3 Å². The van der Waals surface area contributed by atoms with Crippen molar-refractivity contribution >= 4 is 5.69 Å². The normalized spacial score (nSPS) is 12.1. The molecular weight excluding hydrogens is 222 g/mol. The number of benzene rings is 2. The molecule has 0 amide bonds. The predicted molar refractivity (Wildman–Crippen MR) is 75.7 cm³/mol. The predicted octanol–water partition coefficient (Wildman–Crippen LogP) is 3.39. The highest BCUT2D eigenvalue weighted by Crippen LogP contribution is 2.19. The second-order valence-electron chi connectivity index (χ2n) is 4.32. The smallest absolute Gasteiger partial charge is 0.0964 e. The van der Waals surface area contributed by atoms with Crippen molar-refractivity contribution < 1.29 is 5.11 Å². The van der Waals surface area contributed by atoms with Crippen molar-refractivity contribution in [1.82, 2.24) is 0 Å². The Bertz CT molecular complexity index is 481. The number of rotatable bonds is 5. The van der Waals surface area contributed by atoms with Gasteiger partial charge in [-0.25, -0.2) is 0 Å². The van der Waals surface area contributed by atoms with Crippen LogP contribution in [-0.2, 0) is 6.42 Å². The van der Waals surface area contributed by atoms with Gasteiger partial charge in [0.1, 0.15) is 0 Å². The minimum atomic E-state index is -0.471. The lowest BCUT2D eigenvalue weighted by Gasteiger charge is -2.16. The number of anilines is 1. The summed E-state index contributed by atoms with van der Waals surface area (Å²) >= 11 is 0. The number of aliphatic hydroxyl groups excluding tert-OH is 1. The summed E-state index contributed by atoms with van der Waals surface area (Å²) in [6.45, 7) is 2.64. The van der Waals surface area contributed by atoms with Gasteiger partial charge in [0.2, 0.25) is 0 Å². The second-order valence-corrected chi connectivity index (χ2v) is 4.32. The van der Waals surface area contributed by atoms with Gasteiger partial charge < -0.3 is 10.4 Å². The Kier molecular flexibility index (Phi) is 4.37. The topological polar surface area (TPSA) is 32.3 Å². The maximum Gasteiger partial charge on any atom is 0.0964 e. The quantitative estimate of drug-likeness (QED) is 0.841. The number of para-hydroxylation sites is 1. The third-order valence-corrected chi connectivity index (χ3v) is 3.07. The molecule has 18 heavy (non-hydrogen) atoms. The molecule has 94 valence electrons. The highest BCUT2D eigenvalue weighted by atomic mass is 16.3. The van der Waals surface area contributed by atoms with Gasteiger partial charge in [-0.15, -0.1) is 0 Å². The fraction of sp³-hybridized carbons (Fsp3) is 0.250. The third-order valence-electron chi connectivity index (χ3n) is 3.07. The molecule has 1 atom stereocenters. The molecular formula is C16H19NO. The van der Waals surface area contributed by atoms with Crippen LogP contribution in [0.2, 0.25) is 0 Å². The lowest BCUT2D eigenvalue weighted by molar-refractivity contribution is 0.190. The van der Waals surface area contributed by atoms with E-state index in [0.717, 1.165) is 17.7 Å². The molecule has 0 bridgehead atoms. The highest BCUT2D eigenvalue weighted by Gasteiger charge is 2.10. The zero-order chi connectivity index (χ0) is 12.8. The molecule has 0 aliphatic carbocycles. The number of aliphatic hydroxyl groups is 1. The second kappa shape index (κ2) is 6.22. The monoisotopic (exact) mass is 241 g/mol. The standard InChI is InChI=1S/C16H19NO/c1-2-13-8-6-7-11-15(13)16(18)12-17-14-9-4-3-5-10-14/h3-11,16-18H,2,12H2,1H3. The van der Waals surface area contributed by atoms with Crippen molar-refractivity contribution in [2.24, 2.45) is 0 Å². The molecule has 0 aromatic heterocycles. The van der Waals surface area contributed by atoms with Crippen LogP contribution in [0, 0.1) is 0 Å². The van der Waals surface area contributed by atoms with Crippen molar-refractivity contribution in [1.29, 1.82) is 0 Å². The van der Waals surface area contributed by atoms with Crippen molar-refractivity contribution in [3.05, 3.63) is 65.7 Å². The van der Waals surface area contributed by atoms with Gasteiger partial charge in [-0.2, -0.15) is 0 Å². The SMILES string of the molecule is CCc1ccccc1C(O)CNc1ccccc1. The molecule has 2 N–H and O–H groups in total. The number of hydrogen-bond acceptors (Lipinski definition) is 2. The van der Waals surface area contributed by atoms with Gasteiger partial charge in [-0.05, 0) is 29.7 Å². The molecule has 1 unspecified atom stereocenters. The lowest BCUT2D eigenvalue weighted by Crippen LogP contribution is -2.13. The van der Waals surface area contributed by atoms with Crippen molar-refractivity contribution in [3.8, 4) is 0 Å². The molecule has 2 aromatic carbocycles. The van der Waals surface area contributed by atoms with Crippen LogP contribution < -0.4 is 5.32 Å². The summed E-state index contributed by atoms with van der Waals surface area (Å²) in [5.41, 5.74) is 3.26. The summed E-state index contributed by atoms with van der Waals surface area (Å²) in [5, 5.41) is 13.5. The Balaban J connectivity index is 2.01. The number of hydrogen-bond donors (Lipinski definition) is 2. The summed E-state index contributed by atoms with van der Waals surface area (Å²) < 4.78 is 0. The minimum absolute atomic E-state index is 0.471. The Morgan fingerprint density at radius 1 is 1.00 bits per heavy atom. The van der Waals surface area contributed by atoms with Crippen LogP contribution in [0.25, 0.3) is 0 Å². The van der Waals surface area contributed by atoms with Crippen LogP contribution in [0.3, 0.4) is 0 Å². The molecule has 2 heteroatoms. The molecule has 0 aliphatic heterocycles. The Morgan fingerprint density at radius 3 is 2.39 bits per heavy atom. The molecule has 2 rings (SSSR count). The van der Waals surface area contributed by atoms with E-state index in [9.17, 15) is 5.11 Å². The van der Waals surface area contributed by atoms with E-state index in [1.54, 1.807) is 0 Å². The van der Waals surface area contributed by atoms with E-state index in [-0.39, 0.29) is 0 Å². The summed E-state index contributed by atoms with van der Waals surface area (Å²) in [6, 6.07) is 18.0. The van der Waals surface area contributed by atoms with E-state index in [4.69, 9.17) is 0 Å². The van der Waals surface area contributed by atoms with Crippen LogP contribution in [-0.4, -0.2) is 11.7 Å². The van der Waals surface area contributed by atoms with E-state index >= 15 is 0 Å². The molecule has 0 saturated carbocycles. The Labute approximate surface area is 108 Å². The minimum Gasteiger partial charge on any atom is -0.387 e. The first-order valence-corrected chi connectivity index (χ1v) is 6.36. The first kappa shape index (κ1) is 12.7. The molecule has 0 radical (unpaired) electrons. The summed E-state index contributed by atoms with van der Waals surface area (Å²) in [6.07, 6.45) is 0.472. The zero-order valence-electron chi connectivity index (χ0n) is 10.6. The van der Waals surface area contributed by atoms with Crippen molar-refractivity contribution in [2.45, 2.75) is 19.4 Å². The zero-order valence-corrected chi connectivity index (χ0v) is 10.6. The highest BCUT2D eigenvalue weighted by molar-refractivity contribution is 5.43. The third kappa shape index (κ3) is 3.11. The van der Waals surface area contributed by atoms with Gasteiger partial charge in [-0.3, -0.25) is 0 Å². The summed E-state index contributed by atoms with van der Waals surface area (Å²) in [5.74, 6) is 0. The Hall–Kier alpha value is -1.80. The van der Waals surface area contributed by atoms with Crippen molar-refractivity contribution in [2.75, 3.05) is 11.9 Å². The Morgan fingerprint density at radius 2 is 1.67 bits per heavy atom. The fourth-order valence-electron chi connectivity index (χ4n) is 2.06. The fourth-order valence-corrected chi connectivity index (χ4v) is 2.06. The van der Waals surface area contributed by atoms with Gasteiger partial charge in [-0.1, -0.05) is 49.4 Å². The van der Waals surface area contributed by atoms with E-state index in [0.29, 0.717) is 6.54 Å². The van der Waals surface area contributed by atoms with Gasteiger partial charge in [0.25, 0.3) is 0 Å². The van der Waals surface area contributed by atoms with Crippen LogP contribution in [0.5, 0.6) is 0 Å². The molecule has 0 spiro atoms. The van der Waals surface area contributed by atoms with Gasteiger partial charge in [0, 0.05) is 12.2 Å². The first-order valence-electron chi connectivity index (χ1n) is 6.36. The molecule has 0 saturated heterocycles. The maximum absolute atomic E-state index is 10.2. The lowest BCUT2D eigenvalue weighted by atomic mass is 10.0. The molecule has 2 nitrogen and oxygen atoms in total. The van der Waals surface area contributed by atoms with Gasteiger partial charge in [0.15, 0.2) is 0 Å².